The van der Waals surface area contributed by atoms with Gasteiger partial charge in [-0.25, -0.2) is 4.39 Å². The monoisotopic (exact) mass is 230 g/mol. The van der Waals surface area contributed by atoms with Gasteiger partial charge in [0.1, 0.15) is 5.82 Å². The van der Waals surface area contributed by atoms with Crippen LogP contribution in [0.25, 0.3) is 0 Å². The molecule has 86 valence electrons. The van der Waals surface area contributed by atoms with Gasteiger partial charge in [-0.3, -0.25) is 4.79 Å². The van der Waals surface area contributed by atoms with Crippen LogP contribution in [0.3, 0.4) is 0 Å². The molecule has 0 spiro atoms. The third kappa shape index (κ3) is 2.60. The number of rotatable bonds is 2. The summed E-state index contributed by atoms with van der Waals surface area (Å²) in [5, 5.41) is 2.66. The van der Waals surface area contributed by atoms with Gasteiger partial charge in [0.2, 0.25) is 0 Å². The smallest absolute Gasteiger partial charge is 0.255 e. The molecule has 3 nitrogen and oxygen atoms in total. The number of anilines is 2. The van der Waals surface area contributed by atoms with Crippen molar-refractivity contribution in [2.24, 2.45) is 0 Å². The van der Waals surface area contributed by atoms with E-state index in [2.05, 4.69) is 5.32 Å². The number of hydrogen-bond donors (Lipinski definition) is 2. The van der Waals surface area contributed by atoms with Crippen LogP contribution in [0.2, 0.25) is 0 Å². The lowest BCUT2D eigenvalue weighted by Crippen LogP contribution is -2.12. The maximum absolute atomic E-state index is 13.2. The van der Waals surface area contributed by atoms with Gasteiger partial charge >= 0.3 is 0 Å². The summed E-state index contributed by atoms with van der Waals surface area (Å²) in [5.41, 5.74) is 6.26. The number of carbonyl (C=O) groups is 1. The number of nitrogens with two attached hydrogens (primary N) is 1. The molecule has 0 radical (unpaired) electrons. The lowest BCUT2D eigenvalue weighted by molar-refractivity contribution is 0.102. The first-order valence-electron chi connectivity index (χ1n) is 5.08. The van der Waals surface area contributed by atoms with Crippen molar-refractivity contribution in [2.45, 2.75) is 0 Å². The van der Waals surface area contributed by atoms with Gasteiger partial charge in [-0.1, -0.05) is 18.2 Å². The molecule has 2 aromatic rings. The van der Waals surface area contributed by atoms with E-state index < -0.39 is 5.82 Å². The van der Waals surface area contributed by atoms with E-state index in [-0.39, 0.29) is 17.2 Å². The zero-order valence-corrected chi connectivity index (χ0v) is 8.98. The molecule has 0 aliphatic carbocycles. The first-order valence-corrected chi connectivity index (χ1v) is 5.08. The van der Waals surface area contributed by atoms with E-state index in [1.807, 2.05) is 6.07 Å². The molecule has 0 atom stereocenters. The lowest BCUT2D eigenvalue weighted by atomic mass is 10.2. The summed E-state index contributed by atoms with van der Waals surface area (Å²) in [6.45, 7) is 0. The standard InChI is InChI=1S/C13H11FN2O/c14-11-8-9(6-7-12(11)15)13(17)16-10-4-2-1-3-5-10/h1-8H,15H2,(H,16,17). The van der Waals surface area contributed by atoms with Crippen LogP contribution in [0, 0.1) is 5.82 Å². The largest absolute Gasteiger partial charge is 0.396 e. The number of halogens is 1. The molecule has 2 aromatic carbocycles. The topological polar surface area (TPSA) is 55.1 Å². The Hall–Kier alpha value is -2.36. The number of carbonyl (C=O) groups excluding carboxylic acids is 1. The summed E-state index contributed by atoms with van der Waals surface area (Å²) in [7, 11) is 0. The normalized spacial score (nSPS) is 9.94. The second-order valence-electron chi connectivity index (χ2n) is 3.56. The molecule has 0 aliphatic heterocycles. The number of nitrogen functional groups attached to an aromatic ring is 1. The molecular formula is C13H11FN2O. The molecule has 0 aromatic heterocycles. The van der Waals surface area contributed by atoms with Crippen molar-refractivity contribution >= 4 is 17.3 Å². The number of amides is 1. The molecule has 17 heavy (non-hydrogen) atoms. The summed E-state index contributed by atoms with van der Waals surface area (Å²) in [6.07, 6.45) is 0. The maximum Gasteiger partial charge on any atom is 0.255 e. The van der Waals surface area contributed by atoms with Gasteiger partial charge in [0, 0.05) is 11.3 Å². The molecule has 0 unspecified atom stereocenters. The van der Waals surface area contributed by atoms with Gasteiger partial charge in [0.05, 0.1) is 5.69 Å². The fourth-order valence-electron chi connectivity index (χ4n) is 1.39. The minimum atomic E-state index is -0.592. The summed E-state index contributed by atoms with van der Waals surface area (Å²) in [4.78, 5) is 11.8. The summed E-state index contributed by atoms with van der Waals surface area (Å²) >= 11 is 0. The molecule has 1 amide bonds. The van der Waals surface area contributed by atoms with Gasteiger partial charge in [-0.15, -0.1) is 0 Å². The van der Waals surface area contributed by atoms with Crippen molar-refractivity contribution in [2.75, 3.05) is 11.1 Å². The van der Waals surface area contributed by atoms with Gasteiger partial charge in [-0.05, 0) is 30.3 Å². The molecular weight excluding hydrogens is 219 g/mol. The molecule has 2 rings (SSSR count). The highest BCUT2D eigenvalue weighted by molar-refractivity contribution is 6.04. The molecule has 0 bridgehead atoms. The Balaban J connectivity index is 2.18. The highest BCUT2D eigenvalue weighted by atomic mass is 19.1. The molecule has 3 N–H and O–H groups in total. The fourth-order valence-corrected chi connectivity index (χ4v) is 1.39. The van der Waals surface area contributed by atoms with Crippen LogP contribution in [-0.4, -0.2) is 5.91 Å². The average Bonchev–Trinajstić information content (AvgIpc) is 2.34. The van der Waals surface area contributed by atoms with Crippen molar-refractivity contribution < 1.29 is 9.18 Å². The number of benzene rings is 2. The Bertz CT molecular complexity index is 540. The summed E-state index contributed by atoms with van der Waals surface area (Å²) in [5.74, 6) is -0.958. The average molecular weight is 230 g/mol. The first-order chi connectivity index (χ1) is 8.16. The highest BCUT2D eigenvalue weighted by Crippen LogP contribution is 2.14. The van der Waals surface area contributed by atoms with Crippen molar-refractivity contribution in [1.29, 1.82) is 0 Å². The van der Waals surface area contributed by atoms with Crippen LogP contribution in [0.1, 0.15) is 10.4 Å². The Labute approximate surface area is 98.1 Å². The minimum absolute atomic E-state index is 0.0289. The van der Waals surface area contributed by atoms with Gasteiger partial charge < -0.3 is 11.1 Å². The lowest BCUT2D eigenvalue weighted by Gasteiger charge is -2.05. The van der Waals surface area contributed by atoms with Crippen molar-refractivity contribution in [3.63, 3.8) is 0 Å². The van der Waals surface area contributed by atoms with E-state index in [1.165, 1.54) is 12.1 Å². The zero-order chi connectivity index (χ0) is 12.3. The number of para-hydroxylation sites is 1. The Morgan fingerprint density at radius 3 is 2.47 bits per heavy atom. The maximum atomic E-state index is 13.2. The Kier molecular flexibility index (Phi) is 3.05. The minimum Gasteiger partial charge on any atom is -0.396 e. The van der Waals surface area contributed by atoms with Crippen LogP contribution in [-0.2, 0) is 0 Å². The first kappa shape index (κ1) is 11.1. The van der Waals surface area contributed by atoms with Crippen molar-refractivity contribution in [3.8, 4) is 0 Å². The van der Waals surface area contributed by atoms with Crippen molar-refractivity contribution in [3.05, 3.63) is 59.9 Å². The van der Waals surface area contributed by atoms with Crippen molar-refractivity contribution in [1.82, 2.24) is 0 Å². The van der Waals surface area contributed by atoms with E-state index in [1.54, 1.807) is 24.3 Å². The quantitative estimate of drug-likeness (QED) is 0.779. The van der Waals surface area contributed by atoms with Crippen LogP contribution >= 0.6 is 0 Å². The molecule has 4 heteroatoms. The van der Waals surface area contributed by atoms with Gasteiger partial charge in [0.15, 0.2) is 0 Å². The van der Waals surface area contributed by atoms with Gasteiger partial charge in [0.25, 0.3) is 5.91 Å². The highest BCUT2D eigenvalue weighted by Gasteiger charge is 2.08. The molecule has 0 aliphatic rings. The van der Waals surface area contributed by atoms with E-state index in [9.17, 15) is 9.18 Å². The predicted octanol–water partition coefficient (Wildman–Crippen LogP) is 2.66. The van der Waals surface area contributed by atoms with E-state index in [4.69, 9.17) is 5.73 Å². The van der Waals surface area contributed by atoms with E-state index >= 15 is 0 Å². The molecule has 0 fully saturated rings. The number of nitrogens with one attached hydrogen (secondary N) is 1. The predicted molar refractivity (Wildman–Crippen MR) is 65.2 cm³/mol. The zero-order valence-electron chi connectivity index (χ0n) is 8.98. The van der Waals surface area contributed by atoms with Crippen LogP contribution in [0.4, 0.5) is 15.8 Å². The summed E-state index contributed by atoms with van der Waals surface area (Å²) in [6, 6.07) is 12.9. The Morgan fingerprint density at radius 2 is 1.82 bits per heavy atom. The van der Waals surface area contributed by atoms with E-state index in [0.717, 1.165) is 6.07 Å². The van der Waals surface area contributed by atoms with E-state index in [0.29, 0.717) is 5.69 Å². The molecule has 0 saturated carbocycles. The second-order valence-corrected chi connectivity index (χ2v) is 3.56. The SMILES string of the molecule is Nc1ccc(C(=O)Nc2ccccc2)cc1F. The van der Waals surface area contributed by atoms with Gasteiger partial charge in [-0.2, -0.15) is 0 Å². The molecule has 0 saturated heterocycles. The second kappa shape index (κ2) is 4.65. The number of hydrogen-bond acceptors (Lipinski definition) is 2. The molecule has 0 heterocycles. The third-order valence-corrected chi connectivity index (χ3v) is 2.29. The third-order valence-electron chi connectivity index (χ3n) is 2.29. The van der Waals surface area contributed by atoms with Crippen LogP contribution in [0.15, 0.2) is 48.5 Å². The fraction of sp³-hybridized carbons (Fsp3) is 0. The van der Waals surface area contributed by atoms with Crippen LogP contribution in [0.5, 0.6) is 0 Å². The summed E-state index contributed by atoms with van der Waals surface area (Å²) < 4.78 is 13.2. The van der Waals surface area contributed by atoms with Crippen LogP contribution < -0.4 is 11.1 Å². The Morgan fingerprint density at radius 1 is 1.12 bits per heavy atom.